The summed E-state index contributed by atoms with van der Waals surface area (Å²) >= 11 is 0. The summed E-state index contributed by atoms with van der Waals surface area (Å²) in [4.78, 5) is 12.7. The smallest absolute Gasteiger partial charge is 0.230 e. The minimum atomic E-state index is -0.827. The largest absolute Gasteiger partial charge is 0.388 e. The van der Waals surface area contributed by atoms with Gasteiger partial charge < -0.3 is 10.4 Å². The predicted molar refractivity (Wildman–Crippen MR) is 80.5 cm³/mol. The average Bonchev–Trinajstić information content (AvgIpc) is 2.97. The number of benzene rings is 1. The van der Waals surface area contributed by atoms with Crippen molar-refractivity contribution in [2.45, 2.75) is 57.0 Å². The van der Waals surface area contributed by atoms with Gasteiger partial charge in [-0.3, -0.25) is 4.79 Å². The summed E-state index contributed by atoms with van der Waals surface area (Å²) in [5, 5.41) is 13.0. The molecule has 1 atom stereocenters. The van der Waals surface area contributed by atoms with E-state index in [0.717, 1.165) is 31.2 Å². The second kappa shape index (κ2) is 5.96. The molecular formula is C17H25NO2. The van der Waals surface area contributed by atoms with E-state index in [-0.39, 0.29) is 5.91 Å². The van der Waals surface area contributed by atoms with Crippen LogP contribution in [0.3, 0.4) is 0 Å². The van der Waals surface area contributed by atoms with Crippen LogP contribution in [0.2, 0.25) is 0 Å². The van der Waals surface area contributed by atoms with E-state index in [1.165, 1.54) is 0 Å². The van der Waals surface area contributed by atoms with E-state index >= 15 is 0 Å². The lowest BCUT2D eigenvalue weighted by Gasteiger charge is -2.30. The lowest BCUT2D eigenvalue weighted by molar-refractivity contribution is -0.127. The molecule has 1 aromatic rings. The van der Waals surface area contributed by atoms with Crippen molar-refractivity contribution in [3.05, 3.63) is 35.9 Å². The van der Waals surface area contributed by atoms with E-state index in [4.69, 9.17) is 0 Å². The summed E-state index contributed by atoms with van der Waals surface area (Å²) in [6.07, 6.45) is 4.61. The zero-order valence-corrected chi connectivity index (χ0v) is 12.5. The monoisotopic (exact) mass is 275 g/mol. The van der Waals surface area contributed by atoms with Gasteiger partial charge in [-0.15, -0.1) is 0 Å². The SMILES string of the molecule is CCC(C)(O)CNC(=O)C1(c2ccccc2)CCCC1. The molecule has 110 valence electrons. The van der Waals surface area contributed by atoms with Crippen LogP contribution in [-0.2, 0) is 10.2 Å². The van der Waals surface area contributed by atoms with E-state index in [1.807, 2.05) is 37.3 Å². The molecule has 3 nitrogen and oxygen atoms in total. The first-order valence-corrected chi connectivity index (χ1v) is 7.56. The third kappa shape index (κ3) is 3.04. The van der Waals surface area contributed by atoms with Gasteiger partial charge in [0.25, 0.3) is 0 Å². The van der Waals surface area contributed by atoms with E-state index < -0.39 is 11.0 Å². The minimum absolute atomic E-state index is 0.0647. The van der Waals surface area contributed by atoms with Crippen molar-refractivity contribution >= 4 is 5.91 Å². The molecule has 0 aromatic heterocycles. The van der Waals surface area contributed by atoms with E-state index in [2.05, 4.69) is 5.32 Å². The fraction of sp³-hybridized carbons (Fsp3) is 0.588. The quantitative estimate of drug-likeness (QED) is 0.868. The van der Waals surface area contributed by atoms with Crippen LogP contribution in [0.1, 0.15) is 51.5 Å². The van der Waals surface area contributed by atoms with Crippen LogP contribution in [0.4, 0.5) is 0 Å². The molecule has 0 heterocycles. The number of carbonyl (C=O) groups excluding carboxylic acids is 1. The van der Waals surface area contributed by atoms with Crippen molar-refractivity contribution < 1.29 is 9.90 Å². The van der Waals surface area contributed by atoms with Crippen LogP contribution in [0.15, 0.2) is 30.3 Å². The molecule has 0 saturated heterocycles. The Labute approximate surface area is 121 Å². The van der Waals surface area contributed by atoms with Gasteiger partial charge in [-0.25, -0.2) is 0 Å². The second-order valence-corrected chi connectivity index (χ2v) is 6.19. The maximum Gasteiger partial charge on any atom is 0.230 e. The number of hydrogen-bond acceptors (Lipinski definition) is 2. The molecular weight excluding hydrogens is 250 g/mol. The molecule has 1 amide bonds. The molecule has 2 rings (SSSR count). The Morgan fingerprint density at radius 2 is 1.90 bits per heavy atom. The Morgan fingerprint density at radius 1 is 1.30 bits per heavy atom. The minimum Gasteiger partial charge on any atom is -0.388 e. The first-order valence-electron chi connectivity index (χ1n) is 7.56. The fourth-order valence-electron chi connectivity index (χ4n) is 2.95. The molecule has 3 heteroatoms. The summed E-state index contributed by atoms with van der Waals surface area (Å²) < 4.78 is 0. The zero-order chi connectivity index (χ0) is 14.6. The van der Waals surface area contributed by atoms with Crippen molar-refractivity contribution in [2.24, 2.45) is 0 Å². The van der Waals surface area contributed by atoms with Crippen molar-refractivity contribution in [1.29, 1.82) is 0 Å². The molecule has 0 bridgehead atoms. The van der Waals surface area contributed by atoms with Gasteiger partial charge in [0.1, 0.15) is 0 Å². The lowest BCUT2D eigenvalue weighted by Crippen LogP contribution is -2.48. The number of rotatable bonds is 5. The van der Waals surface area contributed by atoms with E-state index in [0.29, 0.717) is 13.0 Å². The van der Waals surface area contributed by atoms with Crippen LogP contribution < -0.4 is 5.32 Å². The van der Waals surface area contributed by atoms with Crippen LogP contribution >= 0.6 is 0 Å². The van der Waals surface area contributed by atoms with Crippen LogP contribution in [-0.4, -0.2) is 23.2 Å². The van der Waals surface area contributed by atoms with Crippen LogP contribution in [0.25, 0.3) is 0 Å². The Hall–Kier alpha value is -1.35. The normalized spacial score (nSPS) is 20.4. The van der Waals surface area contributed by atoms with Crippen LogP contribution in [0.5, 0.6) is 0 Å². The van der Waals surface area contributed by atoms with Crippen molar-refractivity contribution in [3.8, 4) is 0 Å². The van der Waals surface area contributed by atoms with Crippen LogP contribution in [0, 0.1) is 0 Å². The highest BCUT2D eigenvalue weighted by Gasteiger charge is 2.42. The molecule has 1 aromatic carbocycles. The Morgan fingerprint density at radius 3 is 2.45 bits per heavy atom. The van der Waals surface area contributed by atoms with Gasteiger partial charge in [-0.05, 0) is 31.7 Å². The maximum atomic E-state index is 12.7. The maximum absolute atomic E-state index is 12.7. The molecule has 0 spiro atoms. The van der Waals surface area contributed by atoms with E-state index in [1.54, 1.807) is 6.92 Å². The summed E-state index contributed by atoms with van der Waals surface area (Å²) in [6.45, 7) is 4.00. The third-order valence-corrected chi connectivity index (χ3v) is 4.61. The fourth-order valence-corrected chi connectivity index (χ4v) is 2.95. The molecule has 1 unspecified atom stereocenters. The van der Waals surface area contributed by atoms with Gasteiger partial charge in [0.05, 0.1) is 11.0 Å². The molecule has 1 fully saturated rings. The van der Waals surface area contributed by atoms with Gasteiger partial charge in [0.15, 0.2) is 0 Å². The molecule has 20 heavy (non-hydrogen) atoms. The van der Waals surface area contributed by atoms with Crippen molar-refractivity contribution in [3.63, 3.8) is 0 Å². The molecule has 0 radical (unpaired) electrons. The predicted octanol–water partition coefficient (Wildman–Crippen LogP) is 2.78. The number of amides is 1. The summed E-state index contributed by atoms with van der Waals surface area (Å²) in [6, 6.07) is 10.0. The van der Waals surface area contributed by atoms with Gasteiger partial charge in [-0.2, -0.15) is 0 Å². The van der Waals surface area contributed by atoms with Gasteiger partial charge in [-0.1, -0.05) is 50.1 Å². The third-order valence-electron chi connectivity index (χ3n) is 4.61. The van der Waals surface area contributed by atoms with Gasteiger partial charge >= 0.3 is 0 Å². The Bertz CT molecular complexity index is 447. The van der Waals surface area contributed by atoms with Crippen molar-refractivity contribution in [2.75, 3.05) is 6.54 Å². The van der Waals surface area contributed by atoms with E-state index in [9.17, 15) is 9.90 Å². The molecule has 2 N–H and O–H groups in total. The number of nitrogens with one attached hydrogen (secondary N) is 1. The average molecular weight is 275 g/mol. The molecule has 1 saturated carbocycles. The second-order valence-electron chi connectivity index (χ2n) is 6.19. The Balaban J connectivity index is 2.15. The highest BCUT2D eigenvalue weighted by atomic mass is 16.3. The Kier molecular flexibility index (Phi) is 4.48. The number of aliphatic hydroxyl groups is 1. The van der Waals surface area contributed by atoms with Crippen molar-refractivity contribution in [1.82, 2.24) is 5.32 Å². The highest BCUT2D eigenvalue weighted by Crippen LogP contribution is 2.41. The first-order chi connectivity index (χ1) is 9.50. The number of hydrogen-bond donors (Lipinski definition) is 2. The highest BCUT2D eigenvalue weighted by molar-refractivity contribution is 5.88. The summed E-state index contributed by atoms with van der Waals surface area (Å²) in [5.41, 5.74) is -0.122. The lowest BCUT2D eigenvalue weighted by atomic mass is 9.78. The molecule has 0 aliphatic heterocycles. The van der Waals surface area contributed by atoms with Gasteiger partial charge in [0, 0.05) is 6.54 Å². The molecule has 1 aliphatic carbocycles. The standard InChI is InChI=1S/C17H25NO2/c1-3-16(2,20)13-18-15(19)17(11-7-8-12-17)14-9-5-4-6-10-14/h4-6,9-10,20H,3,7-8,11-13H2,1-2H3,(H,18,19). The molecule has 1 aliphatic rings. The first kappa shape index (κ1) is 15.0. The topological polar surface area (TPSA) is 49.3 Å². The summed E-state index contributed by atoms with van der Waals surface area (Å²) in [7, 11) is 0. The van der Waals surface area contributed by atoms with Gasteiger partial charge in [0.2, 0.25) is 5.91 Å². The zero-order valence-electron chi connectivity index (χ0n) is 12.5. The number of carbonyl (C=O) groups is 1. The summed E-state index contributed by atoms with van der Waals surface area (Å²) in [5.74, 6) is 0.0647.